The van der Waals surface area contributed by atoms with Crippen LogP contribution in [0.2, 0.25) is 0 Å². The van der Waals surface area contributed by atoms with Gasteiger partial charge in [0.2, 0.25) is 0 Å². The SMILES string of the molecule is O=[N+]([O-])c1ccc(N[C@@H]2[C@H](OCc3ccccc3)O[C@@H]3CC[C@@H](c4ccccc4)O[C@H]3[C@H]2O)c([N+](=O)[O-])c1. The summed E-state index contributed by atoms with van der Waals surface area (Å²) < 4.78 is 18.6. The van der Waals surface area contributed by atoms with E-state index in [0.717, 1.165) is 23.3 Å². The second-order valence-electron chi connectivity index (χ2n) is 9.29. The Hall–Kier alpha value is -3.90. The standard InChI is InChI=1S/C27H27N3O8/c31-25-24(28-20-12-11-19(29(32)33)15-21(20)30(34)35)27(36-16-17-7-3-1-4-8-17)38-23-14-13-22(37-26(23)25)18-9-5-2-6-10-18/h1-12,15,22-28,31H,13-14,16H2/t22-,23+,24-,25-,26+,27+/m0/s1. The molecule has 2 N–H and O–H groups in total. The van der Waals surface area contributed by atoms with Crippen LogP contribution in [-0.2, 0) is 20.8 Å². The zero-order valence-corrected chi connectivity index (χ0v) is 20.3. The number of fused-ring (bicyclic) bond motifs is 1. The molecule has 3 aromatic rings. The lowest BCUT2D eigenvalue weighted by Gasteiger charge is -2.48. The van der Waals surface area contributed by atoms with Gasteiger partial charge in [-0.05, 0) is 30.0 Å². The van der Waals surface area contributed by atoms with Crippen molar-refractivity contribution in [1.29, 1.82) is 0 Å². The van der Waals surface area contributed by atoms with Crippen molar-refractivity contribution in [2.24, 2.45) is 0 Å². The summed E-state index contributed by atoms with van der Waals surface area (Å²) in [6.45, 7) is 0.184. The molecule has 6 atom stereocenters. The highest BCUT2D eigenvalue weighted by Crippen LogP contribution is 2.40. The maximum Gasteiger partial charge on any atom is 0.299 e. The Morgan fingerprint density at radius 3 is 2.32 bits per heavy atom. The van der Waals surface area contributed by atoms with Crippen LogP contribution in [0.3, 0.4) is 0 Å². The number of nitro benzene ring substituents is 2. The minimum Gasteiger partial charge on any atom is -0.388 e. The first-order valence-electron chi connectivity index (χ1n) is 12.3. The molecule has 0 radical (unpaired) electrons. The molecule has 11 nitrogen and oxygen atoms in total. The summed E-state index contributed by atoms with van der Waals surface area (Å²) in [4.78, 5) is 21.5. The monoisotopic (exact) mass is 521 g/mol. The molecule has 2 aliphatic rings. The normalized spacial score (nSPS) is 26.8. The summed E-state index contributed by atoms with van der Waals surface area (Å²) >= 11 is 0. The zero-order chi connectivity index (χ0) is 26.6. The topological polar surface area (TPSA) is 146 Å². The van der Waals surface area contributed by atoms with Gasteiger partial charge in [0, 0.05) is 6.07 Å². The largest absolute Gasteiger partial charge is 0.388 e. The van der Waals surface area contributed by atoms with Gasteiger partial charge >= 0.3 is 0 Å². The van der Waals surface area contributed by atoms with Crippen LogP contribution in [0.25, 0.3) is 0 Å². The summed E-state index contributed by atoms with van der Waals surface area (Å²) in [5.74, 6) is 0. The van der Waals surface area contributed by atoms with Crippen LogP contribution in [0.1, 0.15) is 30.1 Å². The molecule has 0 aromatic heterocycles. The summed E-state index contributed by atoms with van der Waals surface area (Å²) in [7, 11) is 0. The fourth-order valence-electron chi connectivity index (χ4n) is 4.94. The van der Waals surface area contributed by atoms with Gasteiger partial charge in [-0.15, -0.1) is 0 Å². The maximum absolute atomic E-state index is 11.7. The number of hydrogen-bond donors (Lipinski definition) is 2. The molecule has 0 unspecified atom stereocenters. The van der Waals surface area contributed by atoms with E-state index >= 15 is 0 Å². The van der Waals surface area contributed by atoms with Gasteiger partial charge in [-0.3, -0.25) is 20.2 Å². The number of non-ortho nitro benzene ring substituents is 1. The van der Waals surface area contributed by atoms with Crippen molar-refractivity contribution < 1.29 is 29.2 Å². The van der Waals surface area contributed by atoms with Crippen molar-refractivity contribution >= 4 is 17.1 Å². The van der Waals surface area contributed by atoms with E-state index in [2.05, 4.69) is 5.32 Å². The average Bonchev–Trinajstić information content (AvgIpc) is 2.94. The number of nitro groups is 2. The highest BCUT2D eigenvalue weighted by molar-refractivity contribution is 5.66. The Morgan fingerprint density at radius 2 is 1.63 bits per heavy atom. The number of aliphatic hydroxyl groups is 1. The highest BCUT2D eigenvalue weighted by atomic mass is 16.7. The Bertz CT molecular complexity index is 1280. The van der Waals surface area contributed by atoms with Gasteiger partial charge in [-0.1, -0.05) is 60.7 Å². The molecule has 2 fully saturated rings. The third-order valence-corrected chi connectivity index (χ3v) is 6.85. The van der Waals surface area contributed by atoms with Crippen LogP contribution >= 0.6 is 0 Å². The number of ether oxygens (including phenoxy) is 3. The molecule has 198 valence electrons. The van der Waals surface area contributed by atoms with E-state index in [1.807, 2.05) is 60.7 Å². The molecule has 11 heteroatoms. The van der Waals surface area contributed by atoms with Gasteiger partial charge in [0.25, 0.3) is 11.4 Å². The quantitative estimate of drug-likeness (QED) is 0.323. The number of nitrogens with one attached hydrogen (secondary N) is 1. The van der Waals surface area contributed by atoms with E-state index in [4.69, 9.17) is 14.2 Å². The van der Waals surface area contributed by atoms with E-state index in [1.54, 1.807) is 0 Å². The lowest BCUT2D eigenvalue weighted by atomic mass is 9.88. The van der Waals surface area contributed by atoms with Gasteiger partial charge in [0.1, 0.15) is 23.9 Å². The lowest BCUT2D eigenvalue weighted by Crippen LogP contribution is -2.62. The molecule has 2 heterocycles. The smallest absolute Gasteiger partial charge is 0.299 e. The highest BCUT2D eigenvalue weighted by Gasteiger charge is 2.49. The summed E-state index contributed by atoms with van der Waals surface area (Å²) in [6, 6.07) is 21.4. The minimum absolute atomic E-state index is 0.00423. The lowest BCUT2D eigenvalue weighted by molar-refractivity contribution is -0.393. The van der Waals surface area contributed by atoms with Crippen LogP contribution in [0.4, 0.5) is 17.1 Å². The molecule has 38 heavy (non-hydrogen) atoms. The van der Waals surface area contributed by atoms with Gasteiger partial charge < -0.3 is 24.6 Å². The summed E-state index contributed by atoms with van der Waals surface area (Å²) in [5, 5.41) is 37.4. The number of rotatable bonds is 8. The Balaban J connectivity index is 1.42. The van der Waals surface area contributed by atoms with E-state index in [1.165, 1.54) is 6.07 Å². The Morgan fingerprint density at radius 1 is 0.921 bits per heavy atom. The van der Waals surface area contributed by atoms with E-state index in [-0.39, 0.29) is 18.4 Å². The van der Waals surface area contributed by atoms with Crippen molar-refractivity contribution in [2.75, 3.05) is 5.32 Å². The van der Waals surface area contributed by atoms with Gasteiger partial charge in [-0.2, -0.15) is 0 Å². The first kappa shape index (κ1) is 25.7. The first-order valence-corrected chi connectivity index (χ1v) is 12.3. The fourth-order valence-corrected chi connectivity index (χ4v) is 4.94. The van der Waals surface area contributed by atoms with Crippen LogP contribution < -0.4 is 5.32 Å². The molecule has 0 spiro atoms. The third kappa shape index (κ3) is 5.50. The predicted octanol–water partition coefficient (Wildman–Crippen LogP) is 4.51. The van der Waals surface area contributed by atoms with E-state index in [9.17, 15) is 25.3 Å². The Labute approximate surface area is 218 Å². The van der Waals surface area contributed by atoms with Gasteiger partial charge in [-0.25, -0.2) is 0 Å². The summed E-state index contributed by atoms with van der Waals surface area (Å²) in [6.07, 6.45) is -2.23. The first-order chi connectivity index (χ1) is 18.4. The molecule has 5 rings (SSSR count). The van der Waals surface area contributed by atoms with E-state index < -0.39 is 51.9 Å². The number of hydrogen-bond acceptors (Lipinski definition) is 9. The molecule has 0 saturated carbocycles. The fraction of sp³-hybridized carbons (Fsp3) is 0.333. The van der Waals surface area contributed by atoms with Crippen LogP contribution in [-0.4, -0.2) is 45.6 Å². The average molecular weight is 522 g/mol. The molecular weight excluding hydrogens is 494 g/mol. The molecule has 2 saturated heterocycles. The third-order valence-electron chi connectivity index (χ3n) is 6.85. The van der Waals surface area contributed by atoms with Gasteiger partial charge in [0.05, 0.1) is 34.7 Å². The van der Waals surface area contributed by atoms with Crippen molar-refractivity contribution in [3.63, 3.8) is 0 Å². The van der Waals surface area contributed by atoms with Gasteiger partial charge in [0.15, 0.2) is 6.29 Å². The second-order valence-corrected chi connectivity index (χ2v) is 9.29. The number of anilines is 1. The predicted molar refractivity (Wildman–Crippen MR) is 136 cm³/mol. The number of aliphatic hydroxyl groups excluding tert-OH is 1. The van der Waals surface area contributed by atoms with Crippen LogP contribution in [0.5, 0.6) is 0 Å². The molecule has 3 aromatic carbocycles. The molecular formula is C27H27N3O8. The maximum atomic E-state index is 11.7. The van der Waals surface area contributed by atoms with Crippen molar-refractivity contribution in [3.8, 4) is 0 Å². The number of nitrogens with zero attached hydrogens (tertiary/aromatic N) is 2. The molecule has 0 bridgehead atoms. The summed E-state index contributed by atoms with van der Waals surface area (Å²) in [5.41, 5.74) is 0.950. The minimum atomic E-state index is -1.16. The molecule has 0 aliphatic carbocycles. The molecule has 2 aliphatic heterocycles. The van der Waals surface area contributed by atoms with Crippen LogP contribution in [0, 0.1) is 20.2 Å². The van der Waals surface area contributed by atoms with Crippen molar-refractivity contribution in [3.05, 3.63) is 110 Å². The molecule has 0 amide bonds. The Kier molecular flexibility index (Phi) is 7.61. The van der Waals surface area contributed by atoms with Crippen molar-refractivity contribution in [2.45, 2.75) is 56.2 Å². The zero-order valence-electron chi connectivity index (χ0n) is 20.3. The van der Waals surface area contributed by atoms with Crippen molar-refractivity contribution in [1.82, 2.24) is 0 Å². The number of benzene rings is 3. The van der Waals surface area contributed by atoms with E-state index in [0.29, 0.717) is 12.8 Å². The second kappa shape index (κ2) is 11.2. The van der Waals surface area contributed by atoms with Crippen LogP contribution in [0.15, 0.2) is 78.9 Å².